The summed E-state index contributed by atoms with van der Waals surface area (Å²) in [5.41, 5.74) is 0.953. The van der Waals surface area contributed by atoms with Crippen LogP contribution in [-0.2, 0) is 30.7 Å². The van der Waals surface area contributed by atoms with Crippen LogP contribution in [0.5, 0.6) is 0 Å². The van der Waals surface area contributed by atoms with Gasteiger partial charge in [-0.3, -0.25) is 4.79 Å². The number of amides is 1. The molecule has 0 aliphatic carbocycles. The van der Waals surface area contributed by atoms with Gasteiger partial charge in [0, 0.05) is 11.8 Å². The van der Waals surface area contributed by atoms with Crippen molar-refractivity contribution in [2.45, 2.75) is 45.7 Å². The maximum atomic E-state index is 12.2. The normalized spacial score (nSPS) is 17.5. The van der Waals surface area contributed by atoms with E-state index < -0.39 is 0 Å². The molecule has 0 radical (unpaired) electrons. The molecule has 1 unspecified atom stereocenters. The summed E-state index contributed by atoms with van der Waals surface area (Å²) in [6, 6.07) is 0. The van der Waals surface area contributed by atoms with E-state index in [1.165, 1.54) is 0 Å². The van der Waals surface area contributed by atoms with Gasteiger partial charge in [-0.1, -0.05) is 6.92 Å². The molecule has 0 aromatic carbocycles. The number of carbonyl (C=O) groups is 1. The van der Waals surface area contributed by atoms with E-state index in [0.717, 1.165) is 42.2 Å². The van der Waals surface area contributed by atoms with Crippen LogP contribution in [0, 0.1) is 5.92 Å². The second kappa shape index (κ2) is 6.34. The summed E-state index contributed by atoms with van der Waals surface area (Å²) in [6.07, 6.45) is 5.32. The zero-order valence-electron chi connectivity index (χ0n) is 12.1. The van der Waals surface area contributed by atoms with Crippen molar-refractivity contribution in [2.75, 3.05) is 0 Å². The van der Waals surface area contributed by atoms with Gasteiger partial charge in [0.25, 0.3) is 0 Å². The van der Waals surface area contributed by atoms with E-state index >= 15 is 0 Å². The van der Waals surface area contributed by atoms with Crippen LogP contribution in [0.1, 0.15) is 36.3 Å². The first-order valence-electron chi connectivity index (χ1n) is 7.34. The molecule has 1 aliphatic rings. The zero-order chi connectivity index (χ0) is 14.7. The standard InChI is InChI=1S/C14H19N5OS/c1-2-3-13-18-11(8-21-13)6-15-14(20)10-4-5-12-16-9-17-19(12)7-10/h8-10H,2-7H2,1H3,(H,15,20). The van der Waals surface area contributed by atoms with Crippen LogP contribution >= 0.6 is 11.3 Å². The molecule has 112 valence electrons. The van der Waals surface area contributed by atoms with Gasteiger partial charge in [-0.05, 0) is 19.3 Å². The van der Waals surface area contributed by atoms with Crippen molar-refractivity contribution in [3.05, 3.63) is 28.2 Å². The molecular weight excluding hydrogens is 286 g/mol. The highest BCUT2D eigenvalue weighted by atomic mass is 32.1. The number of carbonyl (C=O) groups excluding carboxylic acids is 1. The molecule has 3 rings (SSSR count). The molecule has 7 heteroatoms. The molecule has 21 heavy (non-hydrogen) atoms. The summed E-state index contributed by atoms with van der Waals surface area (Å²) in [4.78, 5) is 20.9. The molecule has 1 N–H and O–H groups in total. The minimum Gasteiger partial charge on any atom is -0.350 e. The number of hydrogen-bond acceptors (Lipinski definition) is 5. The van der Waals surface area contributed by atoms with Crippen molar-refractivity contribution in [1.29, 1.82) is 0 Å². The topological polar surface area (TPSA) is 72.7 Å². The lowest BCUT2D eigenvalue weighted by Crippen LogP contribution is -2.36. The largest absolute Gasteiger partial charge is 0.350 e. The zero-order valence-corrected chi connectivity index (χ0v) is 12.9. The number of thiazole rings is 1. The van der Waals surface area contributed by atoms with Crippen molar-refractivity contribution in [3.63, 3.8) is 0 Å². The molecule has 1 amide bonds. The molecular formula is C14H19N5OS. The van der Waals surface area contributed by atoms with Gasteiger partial charge in [-0.15, -0.1) is 11.3 Å². The van der Waals surface area contributed by atoms with Gasteiger partial charge >= 0.3 is 0 Å². The first-order chi connectivity index (χ1) is 10.3. The van der Waals surface area contributed by atoms with Crippen molar-refractivity contribution < 1.29 is 4.79 Å². The number of aromatic nitrogens is 4. The van der Waals surface area contributed by atoms with Crippen LogP contribution in [0.15, 0.2) is 11.7 Å². The predicted molar refractivity (Wildman–Crippen MR) is 79.8 cm³/mol. The summed E-state index contributed by atoms with van der Waals surface area (Å²) in [6.45, 7) is 3.28. The third kappa shape index (κ3) is 3.29. The van der Waals surface area contributed by atoms with E-state index in [-0.39, 0.29) is 11.8 Å². The average molecular weight is 305 g/mol. The Bertz CT molecular complexity index is 620. The van der Waals surface area contributed by atoms with Gasteiger partial charge in [0.15, 0.2) is 0 Å². The average Bonchev–Trinajstić information content (AvgIpc) is 3.13. The Morgan fingerprint density at radius 2 is 2.48 bits per heavy atom. The van der Waals surface area contributed by atoms with Crippen molar-refractivity contribution in [3.8, 4) is 0 Å². The fourth-order valence-electron chi connectivity index (χ4n) is 2.53. The van der Waals surface area contributed by atoms with E-state index in [1.807, 2.05) is 10.1 Å². The first-order valence-corrected chi connectivity index (χ1v) is 8.22. The minimum absolute atomic E-state index is 0.0204. The van der Waals surface area contributed by atoms with Gasteiger partial charge in [0.05, 0.1) is 29.7 Å². The summed E-state index contributed by atoms with van der Waals surface area (Å²) in [5.74, 6) is 1.04. The van der Waals surface area contributed by atoms with E-state index in [4.69, 9.17) is 0 Å². The van der Waals surface area contributed by atoms with Crippen LogP contribution in [0.2, 0.25) is 0 Å². The number of nitrogens with one attached hydrogen (secondary N) is 1. The number of rotatable bonds is 5. The summed E-state index contributed by atoms with van der Waals surface area (Å²) >= 11 is 1.67. The molecule has 2 aromatic heterocycles. The van der Waals surface area contributed by atoms with Crippen molar-refractivity contribution in [1.82, 2.24) is 25.1 Å². The maximum Gasteiger partial charge on any atom is 0.225 e. The summed E-state index contributed by atoms with van der Waals surface area (Å²) < 4.78 is 1.83. The molecule has 0 spiro atoms. The Balaban J connectivity index is 1.52. The number of hydrogen-bond donors (Lipinski definition) is 1. The maximum absolute atomic E-state index is 12.2. The second-order valence-electron chi connectivity index (χ2n) is 5.29. The lowest BCUT2D eigenvalue weighted by atomic mass is 9.99. The fourth-order valence-corrected chi connectivity index (χ4v) is 3.43. The molecule has 3 heterocycles. The van der Waals surface area contributed by atoms with Gasteiger partial charge in [0.2, 0.25) is 5.91 Å². The second-order valence-corrected chi connectivity index (χ2v) is 6.24. The monoisotopic (exact) mass is 305 g/mol. The molecule has 2 aromatic rings. The Kier molecular flexibility index (Phi) is 4.28. The van der Waals surface area contributed by atoms with E-state index in [0.29, 0.717) is 13.1 Å². The highest BCUT2D eigenvalue weighted by molar-refractivity contribution is 7.09. The number of aryl methyl sites for hydroxylation is 2. The van der Waals surface area contributed by atoms with Gasteiger partial charge in [-0.25, -0.2) is 14.6 Å². The van der Waals surface area contributed by atoms with Crippen molar-refractivity contribution in [2.24, 2.45) is 5.92 Å². The van der Waals surface area contributed by atoms with Crippen LogP contribution in [0.4, 0.5) is 0 Å². The third-order valence-electron chi connectivity index (χ3n) is 3.68. The summed E-state index contributed by atoms with van der Waals surface area (Å²) in [5, 5.41) is 10.3. The highest BCUT2D eigenvalue weighted by Gasteiger charge is 2.25. The molecule has 0 saturated heterocycles. The van der Waals surface area contributed by atoms with E-state index in [1.54, 1.807) is 17.7 Å². The Morgan fingerprint density at radius 3 is 3.33 bits per heavy atom. The van der Waals surface area contributed by atoms with Crippen LogP contribution in [0.3, 0.4) is 0 Å². The molecule has 1 aliphatic heterocycles. The number of fused-ring (bicyclic) bond motifs is 1. The molecule has 0 bridgehead atoms. The fraction of sp³-hybridized carbons (Fsp3) is 0.571. The number of nitrogens with zero attached hydrogens (tertiary/aromatic N) is 4. The lowest BCUT2D eigenvalue weighted by molar-refractivity contribution is -0.126. The van der Waals surface area contributed by atoms with Gasteiger partial charge in [-0.2, -0.15) is 5.10 Å². The van der Waals surface area contributed by atoms with Gasteiger partial charge in [0.1, 0.15) is 12.2 Å². The van der Waals surface area contributed by atoms with Crippen LogP contribution < -0.4 is 5.32 Å². The Labute approximate surface area is 127 Å². The first kappa shape index (κ1) is 14.2. The predicted octanol–water partition coefficient (Wildman–Crippen LogP) is 1.57. The Morgan fingerprint density at radius 1 is 1.57 bits per heavy atom. The van der Waals surface area contributed by atoms with Crippen LogP contribution in [-0.4, -0.2) is 25.7 Å². The minimum atomic E-state index is -0.0204. The highest BCUT2D eigenvalue weighted by Crippen LogP contribution is 2.18. The quantitative estimate of drug-likeness (QED) is 0.910. The van der Waals surface area contributed by atoms with Crippen molar-refractivity contribution >= 4 is 17.2 Å². The van der Waals surface area contributed by atoms with E-state index in [9.17, 15) is 4.79 Å². The molecule has 0 fully saturated rings. The van der Waals surface area contributed by atoms with Crippen LogP contribution in [0.25, 0.3) is 0 Å². The SMILES string of the molecule is CCCc1nc(CNC(=O)C2CCc3ncnn3C2)cs1. The van der Waals surface area contributed by atoms with Gasteiger partial charge < -0.3 is 5.32 Å². The molecule has 0 saturated carbocycles. The summed E-state index contributed by atoms with van der Waals surface area (Å²) in [7, 11) is 0. The smallest absolute Gasteiger partial charge is 0.225 e. The van der Waals surface area contributed by atoms with E-state index in [2.05, 4.69) is 27.3 Å². The lowest BCUT2D eigenvalue weighted by Gasteiger charge is -2.21. The third-order valence-corrected chi connectivity index (χ3v) is 4.64. The molecule has 1 atom stereocenters. The molecule has 6 nitrogen and oxygen atoms in total. The Hall–Kier alpha value is -1.76.